The Balaban J connectivity index is 2.59. The maximum absolute atomic E-state index is 11.3. The van der Waals surface area contributed by atoms with Crippen LogP contribution in [0, 0.1) is 5.92 Å². The van der Waals surface area contributed by atoms with E-state index in [0.29, 0.717) is 23.2 Å². The highest BCUT2D eigenvalue weighted by Crippen LogP contribution is 2.17. The van der Waals surface area contributed by atoms with Crippen LogP contribution in [-0.4, -0.2) is 27.0 Å². The SMILES string of the molecule is CCCC(CS)COc1ccc(S(C)(=O)=O)cc1. The second kappa shape index (κ2) is 7.04. The third-order valence-corrected chi connectivity index (χ3v) is 4.34. The van der Waals surface area contributed by atoms with Gasteiger partial charge in [-0.05, 0) is 36.4 Å². The number of thiol groups is 1. The monoisotopic (exact) mass is 288 g/mol. The van der Waals surface area contributed by atoms with E-state index in [0.717, 1.165) is 18.6 Å². The second-order valence-electron chi connectivity index (χ2n) is 4.39. The van der Waals surface area contributed by atoms with Gasteiger partial charge in [-0.25, -0.2) is 8.42 Å². The molecule has 0 spiro atoms. The van der Waals surface area contributed by atoms with Crippen LogP contribution in [0.5, 0.6) is 5.75 Å². The first-order valence-corrected chi connectivity index (χ1v) is 8.53. The van der Waals surface area contributed by atoms with Crippen molar-refractivity contribution in [3.05, 3.63) is 24.3 Å². The molecule has 5 heteroatoms. The van der Waals surface area contributed by atoms with Crippen molar-refractivity contribution in [3.8, 4) is 5.75 Å². The predicted octanol–water partition coefficient (Wildman–Crippen LogP) is 2.82. The Labute approximate surface area is 115 Å². The molecule has 0 radical (unpaired) electrons. The van der Waals surface area contributed by atoms with Gasteiger partial charge in [0.05, 0.1) is 11.5 Å². The van der Waals surface area contributed by atoms with Gasteiger partial charge in [-0.3, -0.25) is 0 Å². The largest absolute Gasteiger partial charge is 0.493 e. The summed E-state index contributed by atoms with van der Waals surface area (Å²) in [5.41, 5.74) is 0. The van der Waals surface area contributed by atoms with Crippen LogP contribution in [0.15, 0.2) is 29.2 Å². The Bertz CT molecular complexity index is 452. The normalized spacial score (nSPS) is 13.3. The molecular weight excluding hydrogens is 268 g/mol. The molecule has 0 aromatic heterocycles. The van der Waals surface area contributed by atoms with E-state index in [4.69, 9.17) is 4.74 Å². The highest BCUT2D eigenvalue weighted by Gasteiger charge is 2.08. The van der Waals surface area contributed by atoms with Gasteiger partial charge in [0, 0.05) is 12.2 Å². The molecule has 18 heavy (non-hydrogen) atoms. The minimum Gasteiger partial charge on any atom is -0.493 e. The molecule has 102 valence electrons. The third-order valence-electron chi connectivity index (χ3n) is 2.69. The number of ether oxygens (including phenoxy) is 1. The fourth-order valence-corrected chi connectivity index (χ4v) is 2.55. The van der Waals surface area contributed by atoms with E-state index < -0.39 is 9.84 Å². The molecule has 1 unspecified atom stereocenters. The molecule has 1 aromatic carbocycles. The van der Waals surface area contributed by atoms with Crippen LogP contribution in [0.3, 0.4) is 0 Å². The zero-order valence-corrected chi connectivity index (χ0v) is 12.5. The molecule has 0 amide bonds. The molecule has 0 aliphatic carbocycles. The van der Waals surface area contributed by atoms with Gasteiger partial charge in [-0.15, -0.1) is 0 Å². The quantitative estimate of drug-likeness (QED) is 0.785. The molecule has 1 rings (SSSR count). The van der Waals surface area contributed by atoms with E-state index in [1.54, 1.807) is 24.3 Å². The van der Waals surface area contributed by atoms with E-state index in [9.17, 15) is 8.42 Å². The zero-order chi connectivity index (χ0) is 13.6. The maximum Gasteiger partial charge on any atom is 0.175 e. The molecule has 0 fully saturated rings. The maximum atomic E-state index is 11.3. The van der Waals surface area contributed by atoms with Crippen LogP contribution in [0.2, 0.25) is 0 Å². The van der Waals surface area contributed by atoms with Crippen molar-refractivity contribution in [2.75, 3.05) is 18.6 Å². The zero-order valence-electron chi connectivity index (χ0n) is 10.8. The molecular formula is C13H20O3S2. The van der Waals surface area contributed by atoms with Gasteiger partial charge in [0.2, 0.25) is 0 Å². The Morgan fingerprint density at radius 1 is 1.28 bits per heavy atom. The van der Waals surface area contributed by atoms with Crippen LogP contribution < -0.4 is 4.74 Å². The average Bonchev–Trinajstić information content (AvgIpc) is 2.34. The molecule has 1 atom stereocenters. The Morgan fingerprint density at radius 3 is 2.33 bits per heavy atom. The Kier molecular flexibility index (Phi) is 6.02. The molecule has 0 heterocycles. The molecule has 0 saturated heterocycles. The van der Waals surface area contributed by atoms with Crippen molar-refractivity contribution < 1.29 is 13.2 Å². The van der Waals surface area contributed by atoms with Crippen molar-refractivity contribution in [2.45, 2.75) is 24.7 Å². The van der Waals surface area contributed by atoms with E-state index in [-0.39, 0.29) is 0 Å². The standard InChI is InChI=1S/C13H20O3S2/c1-3-4-11(10-17)9-16-12-5-7-13(8-6-12)18(2,14)15/h5-8,11,17H,3-4,9-10H2,1-2H3. The summed E-state index contributed by atoms with van der Waals surface area (Å²) in [7, 11) is -3.13. The second-order valence-corrected chi connectivity index (χ2v) is 6.77. The molecule has 0 saturated carbocycles. The van der Waals surface area contributed by atoms with Gasteiger partial charge in [-0.1, -0.05) is 13.3 Å². The minimum atomic E-state index is -3.13. The molecule has 3 nitrogen and oxygen atoms in total. The molecule has 0 aliphatic heterocycles. The van der Waals surface area contributed by atoms with Crippen molar-refractivity contribution in [1.82, 2.24) is 0 Å². The van der Waals surface area contributed by atoms with Crippen LogP contribution in [0.25, 0.3) is 0 Å². The third kappa shape index (κ3) is 4.90. The molecule has 1 aromatic rings. The van der Waals surface area contributed by atoms with Crippen molar-refractivity contribution in [3.63, 3.8) is 0 Å². The van der Waals surface area contributed by atoms with Crippen LogP contribution in [0.1, 0.15) is 19.8 Å². The lowest BCUT2D eigenvalue weighted by molar-refractivity contribution is 0.254. The lowest BCUT2D eigenvalue weighted by Crippen LogP contribution is -2.13. The summed E-state index contributed by atoms with van der Waals surface area (Å²) in [5, 5.41) is 0. The van der Waals surface area contributed by atoms with Gasteiger partial charge in [-0.2, -0.15) is 12.6 Å². The molecule has 0 bridgehead atoms. The summed E-state index contributed by atoms with van der Waals surface area (Å²) in [6, 6.07) is 6.52. The van der Waals surface area contributed by atoms with Gasteiger partial charge in [0.15, 0.2) is 9.84 Å². The first-order chi connectivity index (χ1) is 8.47. The summed E-state index contributed by atoms with van der Waals surface area (Å²) in [6.45, 7) is 2.76. The average molecular weight is 288 g/mol. The van der Waals surface area contributed by atoms with E-state index in [1.165, 1.54) is 6.26 Å². The van der Waals surface area contributed by atoms with Crippen LogP contribution in [0.4, 0.5) is 0 Å². The van der Waals surface area contributed by atoms with Crippen molar-refractivity contribution >= 4 is 22.5 Å². The van der Waals surface area contributed by atoms with Gasteiger partial charge >= 0.3 is 0 Å². The van der Waals surface area contributed by atoms with Gasteiger partial charge in [0.25, 0.3) is 0 Å². The highest BCUT2D eigenvalue weighted by molar-refractivity contribution is 7.90. The summed E-state index contributed by atoms with van der Waals surface area (Å²) in [5.74, 6) is 1.94. The number of benzene rings is 1. The number of rotatable bonds is 7. The van der Waals surface area contributed by atoms with Gasteiger partial charge in [0.1, 0.15) is 5.75 Å². The van der Waals surface area contributed by atoms with E-state index in [2.05, 4.69) is 19.6 Å². The molecule has 0 N–H and O–H groups in total. The predicted molar refractivity (Wildman–Crippen MR) is 77.3 cm³/mol. The molecule has 0 aliphatic rings. The fraction of sp³-hybridized carbons (Fsp3) is 0.538. The number of hydrogen-bond acceptors (Lipinski definition) is 4. The minimum absolute atomic E-state index is 0.314. The van der Waals surface area contributed by atoms with Crippen molar-refractivity contribution in [1.29, 1.82) is 0 Å². The Morgan fingerprint density at radius 2 is 1.89 bits per heavy atom. The number of hydrogen-bond donors (Lipinski definition) is 1. The summed E-state index contributed by atoms with van der Waals surface area (Å²) >= 11 is 4.29. The van der Waals surface area contributed by atoms with Gasteiger partial charge < -0.3 is 4.74 Å². The summed E-state index contributed by atoms with van der Waals surface area (Å²) in [6.07, 6.45) is 3.40. The smallest absolute Gasteiger partial charge is 0.175 e. The number of sulfone groups is 1. The lowest BCUT2D eigenvalue weighted by Gasteiger charge is -2.14. The topological polar surface area (TPSA) is 43.4 Å². The highest BCUT2D eigenvalue weighted by atomic mass is 32.2. The van der Waals surface area contributed by atoms with E-state index >= 15 is 0 Å². The van der Waals surface area contributed by atoms with Crippen molar-refractivity contribution in [2.24, 2.45) is 5.92 Å². The van der Waals surface area contributed by atoms with Crippen LogP contribution in [-0.2, 0) is 9.84 Å². The van der Waals surface area contributed by atoms with Crippen LogP contribution >= 0.6 is 12.6 Å². The lowest BCUT2D eigenvalue weighted by atomic mass is 10.1. The first kappa shape index (κ1) is 15.4. The summed E-state index contributed by atoms with van der Waals surface area (Å²) in [4.78, 5) is 0.314. The fourth-order valence-electron chi connectivity index (χ4n) is 1.63. The Hall–Kier alpha value is -0.680. The first-order valence-electron chi connectivity index (χ1n) is 6.01. The van der Waals surface area contributed by atoms with E-state index in [1.807, 2.05) is 0 Å². The summed E-state index contributed by atoms with van der Waals surface area (Å²) < 4.78 is 28.2.